The first kappa shape index (κ1) is 24.8. The number of hydrogen-bond acceptors (Lipinski definition) is 9. The third kappa shape index (κ3) is 5.19. The van der Waals surface area contributed by atoms with Crippen LogP contribution in [-0.2, 0) is 4.79 Å². The summed E-state index contributed by atoms with van der Waals surface area (Å²) in [6.45, 7) is 2.04. The summed E-state index contributed by atoms with van der Waals surface area (Å²) >= 11 is 6.57. The zero-order chi connectivity index (χ0) is 25.8. The monoisotopic (exact) mass is 523 g/mol. The molecule has 10 nitrogen and oxygen atoms in total. The first-order valence-corrected chi connectivity index (χ1v) is 11.7. The van der Waals surface area contributed by atoms with Crippen LogP contribution in [0.1, 0.15) is 12.5 Å². The molecule has 0 radical (unpaired) electrons. The number of nitrogens with zero attached hydrogens (tertiary/aromatic N) is 3. The van der Waals surface area contributed by atoms with E-state index < -0.39 is 21.2 Å². The largest absolute Gasteiger partial charge is 0.490 e. The number of para-hydroxylation sites is 1. The van der Waals surface area contributed by atoms with Crippen LogP contribution in [0.15, 0.2) is 71.6 Å². The SMILES string of the molecule is CCOc1cc(C=C2SC(=S)N(c3ccccc3)C2=O)ccc1Oc1ccc([N+](=O)[O-])cc1[N+](=O)[O-]. The number of nitro benzene ring substituents is 2. The molecule has 3 aromatic rings. The lowest BCUT2D eigenvalue weighted by atomic mass is 10.1. The third-order valence-electron chi connectivity index (χ3n) is 4.94. The van der Waals surface area contributed by atoms with Gasteiger partial charge >= 0.3 is 5.69 Å². The van der Waals surface area contributed by atoms with E-state index in [2.05, 4.69) is 0 Å². The van der Waals surface area contributed by atoms with Crippen molar-refractivity contribution in [3.8, 4) is 17.2 Å². The number of rotatable bonds is 8. The molecule has 0 N–H and O–H groups in total. The fraction of sp³-hybridized carbons (Fsp3) is 0.0833. The minimum Gasteiger partial charge on any atom is -0.490 e. The predicted octanol–water partition coefficient (Wildman–Crippen LogP) is 6.10. The Morgan fingerprint density at radius 1 is 0.972 bits per heavy atom. The molecule has 0 aliphatic carbocycles. The number of thiocarbonyl (C=S) groups is 1. The summed E-state index contributed by atoms with van der Waals surface area (Å²) in [6.07, 6.45) is 1.67. The fourth-order valence-corrected chi connectivity index (χ4v) is 4.65. The van der Waals surface area contributed by atoms with E-state index in [1.165, 1.54) is 16.7 Å². The third-order valence-corrected chi connectivity index (χ3v) is 6.25. The van der Waals surface area contributed by atoms with Crippen LogP contribution in [0.4, 0.5) is 17.1 Å². The highest BCUT2D eigenvalue weighted by atomic mass is 32.2. The molecule has 0 saturated carbocycles. The Bertz CT molecular complexity index is 1410. The van der Waals surface area contributed by atoms with Gasteiger partial charge in [0.25, 0.3) is 11.6 Å². The normalized spacial score (nSPS) is 14.2. The van der Waals surface area contributed by atoms with E-state index in [0.29, 0.717) is 20.5 Å². The van der Waals surface area contributed by atoms with Crippen LogP contribution in [0.25, 0.3) is 6.08 Å². The van der Waals surface area contributed by atoms with Gasteiger partial charge in [-0.2, -0.15) is 0 Å². The molecule has 4 rings (SSSR count). The van der Waals surface area contributed by atoms with E-state index in [1.807, 2.05) is 18.2 Å². The summed E-state index contributed by atoms with van der Waals surface area (Å²) in [6, 6.07) is 17.0. The zero-order valence-electron chi connectivity index (χ0n) is 18.7. The van der Waals surface area contributed by atoms with E-state index in [0.717, 1.165) is 18.2 Å². The Hall–Kier alpha value is -4.29. The van der Waals surface area contributed by atoms with Crippen LogP contribution < -0.4 is 14.4 Å². The van der Waals surface area contributed by atoms with Gasteiger partial charge in [0.1, 0.15) is 0 Å². The number of hydrogen-bond donors (Lipinski definition) is 0. The summed E-state index contributed by atoms with van der Waals surface area (Å²) in [4.78, 5) is 35.8. The summed E-state index contributed by atoms with van der Waals surface area (Å²) in [5, 5.41) is 22.4. The molecule has 1 aliphatic heterocycles. The van der Waals surface area contributed by atoms with E-state index >= 15 is 0 Å². The van der Waals surface area contributed by atoms with Crippen LogP contribution >= 0.6 is 24.0 Å². The van der Waals surface area contributed by atoms with Crippen LogP contribution in [0, 0.1) is 20.2 Å². The summed E-state index contributed by atoms with van der Waals surface area (Å²) in [5.74, 6) is 0.0132. The predicted molar refractivity (Wildman–Crippen MR) is 140 cm³/mol. The van der Waals surface area contributed by atoms with Gasteiger partial charge in [-0.05, 0) is 48.9 Å². The van der Waals surface area contributed by atoms with Crippen molar-refractivity contribution in [1.82, 2.24) is 0 Å². The number of amides is 1. The smallest absolute Gasteiger partial charge is 0.318 e. The first-order valence-electron chi connectivity index (χ1n) is 10.5. The van der Waals surface area contributed by atoms with E-state index in [-0.39, 0.29) is 29.8 Å². The molecule has 1 heterocycles. The van der Waals surface area contributed by atoms with Crippen LogP contribution in [-0.4, -0.2) is 26.7 Å². The highest BCUT2D eigenvalue weighted by Crippen LogP contribution is 2.40. The van der Waals surface area contributed by atoms with Crippen LogP contribution in [0.2, 0.25) is 0 Å². The number of nitro groups is 2. The number of ether oxygens (including phenoxy) is 2. The Morgan fingerprint density at radius 2 is 1.69 bits per heavy atom. The lowest BCUT2D eigenvalue weighted by Crippen LogP contribution is -2.27. The molecule has 36 heavy (non-hydrogen) atoms. The average molecular weight is 524 g/mol. The number of thioether (sulfide) groups is 1. The molecule has 0 atom stereocenters. The van der Waals surface area contributed by atoms with Crippen molar-refractivity contribution in [3.05, 3.63) is 97.4 Å². The molecule has 0 unspecified atom stereocenters. The van der Waals surface area contributed by atoms with E-state index in [9.17, 15) is 25.0 Å². The average Bonchev–Trinajstić information content (AvgIpc) is 3.13. The number of carbonyl (C=O) groups is 1. The van der Waals surface area contributed by atoms with Gasteiger partial charge in [0, 0.05) is 6.07 Å². The van der Waals surface area contributed by atoms with Crippen LogP contribution in [0.3, 0.4) is 0 Å². The molecule has 0 spiro atoms. The highest BCUT2D eigenvalue weighted by molar-refractivity contribution is 8.27. The van der Waals surface area contributed by atoms with Gasteiger partial charge in [0.15, 0.2) is 15.8 Å². The summed E-state index contributed by atoms with van der Waals surface area (Å²) in [5.41, 5.74) is 0.312. The number of non-ortho nitro benzene ring substituents is 1. The van der Waals surface area contributed by atoms with Gasteiger partial charge in [-0.1, -0.05) is 48.2 Å². The van der Waals surface area contributed by atoms with E-state index in [1.54, 1.807) is 43.3 Å². The quantitative estimate of drug-likeness (QED) is 0.149. The molecule has 0 bridgehead atoms. The van der Waals surface area contributed by atoms with Gasteiger partial charge in [-0.15, -0.1) is 0 Å². The maximum atomic E-state index is 13.0. The molecule has 1 amide bonds. The molecule has 1 aliphatic rings. The van der Waals surface area contributed by atoms with Gasteiger partial charge in [-0.3, -0.25) is 29.9 Å². The fourth-order valence-electron chi connectivity index (χ4n) is 3.35. The second kappa shape index (κ2) is 10.5. The van der Waals surface area contributed by atoms with Gasteiger partial charge in [-0.25, -0.2) is 0 Å². The van der Waals surface area contributed by atoms with Crippen molar-refractivity contribution < 1.29 is 24.1 Å². The number of benzene rings is 3. The van der Waals surface area contributed by atoms with Gasteiger partial charge in [0.05, 0.1) is 33.1 Å². The topological polar surface area (TPSA) is 125 Å². The van der Waals surface area contributed by atoms with Gasteiger partial charge in [0.2, 0.25) is 5.75 Å². The minimum absolute atomic E-state index is 0.169. The van der Waals surface area contributed by atoms with Crippen molar-refractivity contribution in [1.29, 1.82) is 0 Å². The molecule has 3 aromatic carbocycles. The zero-order valence-corrected chi connectivity index (χ0v) is 20.3. The molecule has 0 aromatic heterocycles. The first-order chi connectivity index (χ1) is 17.3. The van der Waals surface area contributed by atoms with Gasteiger partial charge < -0.3 is 9.47 Å². The van der Waals surface area contributed by atoms with E-state index in [4.69, 9.17) is 21.7 Å². The van der Waals surface area contributed by atoms with Crippen molar-refractivity contribution in [2.24, 2.45) is 0 Å². The summed E-state index contributed by atoms with van der Waals surface area (Å²) in [7, 11) is 0. The Balaban J connectivity index is 1.64. The van der Waals surface area contributed by atoms with Crippen molar-refractivity contribution in [3.63, 3.8) is 0 Å². The van der Waals surface area contributed by atoms with Crippen molar-refractivity contribution in [2.75, 3.05) is 11.5 Å². The van der Waals surface area contributed by atoms with Crippen molar-refractivity contribution >= 4 is 57.3 Å². The lowest BCUT2D eigenvalue weighted by molar-refractivity contribution is -0.394. The minimum atomic E-state index is -0.758. The molecule has 12 heteroatoms. The van der Waals surface area contributed by atoms with Crippen molar-refractivity contribution in [2.45, 2.75) is 6.92 Å². The highest BCUT2D eigenvalue weighted by Gasteiger charge is 2.33. The second-order valence-corrected chi connectivity index (χ2v) is 8.94. The number of carbonyl (C=O) groups excluding carboxylic acids is 1. The lowest BCUT2D eigenvalue weighted by Gasteiger charge is -2.14. The second-order valence-electron chi connectivity index (χ2n) is 7.26. The number of anilines is 1. The molecule has 1 saturated heterocycles. The molecular weight excluding hydrogens is 506 g/mol. The Labute approximate surface area is 214 Å². The standard InChI is InChI=1S/C24H17N3O7S2/c1-2-33-21-12-15(13-22-23(28)25(24(35)36-22)16-6-4-3-5-7-16)8-10-20(21)34-19-11-9-17(26(29)30)14-18(19)27(31)32/h3-14H,2H2,1H3. The molecule has 182 valence electrons. The summed E-state index contributed by atoms with van der Waals surface area (Å²) < 4.78 is 11.8. The maximum absolute atomic E-state index is 13.0. The Morgan fingerprint density at radius 3 is 2.36 bits per heavy atom. The molecular formula is C24H17N3O7S2. The molecule has 1 fully saturated rings. The maximum Gasteiger partial charge on any atom is 0.318 e. The van der Waals surface area contributed by atoms with Crippen LogP contribution in [0.5, 0.6) is 17.2 Å². The Kier molecular flexibility index (Phi) is 7.27.